The van der Waals surface area contributed by atoms with Crippen LogP contribution < -0.4 is 5.32 Å². The molecule has 0 radical (unpaired) electrons. The predicted molar refractivity (Wildman–Crippen MR) is 68.7 cm³/mol. The Kier molecular flexibility index (Phi) is 4.08. The first-order valence-electron chi connectivity index (χ1n) is 5.49. The number of thiophene rings is 1. The number of nitrogens with one attached hydrogen (secondary N) is 1. The van der Waals surface area contributed by atoms with Gasteiger partial charge in [0.25, 0.3) is 0 Å². The highest BCUT2D eigenvalue weighted by Gasteiger charge is 1.95. The van der Waals surface area contributed by atoms with Gasteiger partial charge in [0.05, 0.1) is 5.69 Å². The second-order valence-corrected chi connectivity index (χ2v) is 4.61. The van der Waals surface area contributed by atoms with Gasteiger partial charge in [-0.3, -0.25) is 4.98 Å². The second kappa shape index (κ2) is 5.77. The Labute approximate surface area is 100 Å². The molecule has 0 atom stereocenters. The first-order chi connectivity index (χ1) is 7.84. The van der Waals surface area contributed by atoms with Crippen LogP contribution in [0.5, 0.6) is 0 Å². The summed E-state index contributed by atoms with van der Waals surface area (Å²) in [6.07, 6.45) is 1.09. The van der Waals surface area contributed by atoms with Crippen molar-refractivity contribution in [1.29, 1.82) is 0 Å². The maximum atomic E-state index is 4.45. The van der Waals surface area contributed by atoms with Crippen LogP contribution in [-0.2, 0) is 13.0 Å². The fourth-order valence-electron chi connectivity index (χ4n) is 1.58. The lowest BCUT2D eigenvalue weighted by Crippen LogP contribution is -2.17. The SMILES string of the molecule is Cc1cccc(CNCCc2ccsc2)n1. The lowest BCUT2D eigenvalue weighted by atomic mass is 10.2. The number of aromatic nitrogens is 1. The molecule has 0 saturated heterocycles. The molecule has 0 aliphatic rings. The van der Waals surface area contributed by atoms with Crippen LogP contribution in [-0.4, -0.2) is 11.5 Å². The van der Waals surface area contributed by atoms with Gasteiger partial charge in [0.1, 0.15) is 0 Å². The molecule has 16 heavy (non-hydrogen) atoms. The van der Waals surface area contributed by atoms with Crippen LogP contribution in [0.3, 0.4) is 0 Å². The first-order valence-corrected chi connectivity index (χ1v) is 6.43. The molecule has 0 saturated carbocycles. The molecule has 0 aromatic carbocycles. The molecule has 84 valence electrons. The average molecular weight is 232 g/mol. The van der Waals surface area contributed by atoms with Gasteiger partial charge >= 0.3 is 0 Å². The standard InChI is InChI=1S/C13H16N2S/c1-11-3-2-4-13(15-11)9-14-7-5-12-6-8-16-10-12/h2-4,6,8,10,14H,5,7,9H2,1H3. The Morgan fingerprint density at radius 3 is 3.00 bits per heavy atom. The van der Waals surface area contributed by atoms with E-state index in [1.807, 2.05) is 13.0 Å². The van der Waals surface area contributed by atoms with Crippen LogP contribution in [0.25, 0.3) is 0 Å². The Hall–Kier alpha value is -1.19. The van der Waals surface area contributed by atoms with E-state index in [1.54, 1.807) is 11.3 Å². The van der Waals surface area contributed by atoms with Gasteiger partial charge in [-0.05, 0) is 54.4 Å². The fourth-order valence-corrected chi connectivity index (χ4v) is 2.29. The largest absolute Gasteiger partial charge is 0.311 e. The zero-order chi connectivity index (χ0) is 11.2. The summed E-state index contributed by atoms with van der Waals surface area (Å²) < 4.78 is 0. The molecular formula is C13H16N2S. The lowest BCUT2D eigenvalue weighted by molar-refractivity contribution is 0.674. The molecule has 2 nitrogen and oxygen atoms in total. The smallest absolute Gasteiger partial charge is 0.0544 e. The number of rotatable bonds is 5. The summed E-state index contributed by atoms with van der Waals surface area (Å²) in [7, 11) is 0. The highest BCUT2D eigenvalue weighted by atomic mass is 32.1. The van der Waals surface area contributed by atoms with Gasteiger partial charge in [-0.2, -0.15) is 11.3 Å². The molecular weight excluding hydrogens is 216 g/mol. The summed E-state index contributed by atoms with van der Waals surface area (Å²) >= 11 is 1.76. The van der Waals surface area contributed by atoms with E-state index < -0.39 is 0 Å². The number of aryl methyl sites for hydroxylation is 1. The van der Waals surface area contributed by atoms with E-state index in [0.29, 0.717) is 0 Å². The van der Waals surface area contributed by atoms with Gasteiger partial charge in [-0.1, -0.05) is 6.07 Å². The summed E-state index contributed by atoms with van der Waals surface area (Å²) in [5, 5.41) is 7.73. The Balaban J connectivity index is 1.72. The highest BCUT2D eigenvalue weighted by Crippen LogP contribution is 2.05. The van der Waals surface area contributed by atoms with Crippen molar-refractivity contribution in [3.8, 4) is 0 Å². The normalized spacial score (nSPS) is 10.6. The second-order valence-electron chi connectivity index (χ2n) is 3.83. The third-order valence-electron chi connectivity index (χ3n) is 2.42. The Bertz CT molecular complexity index is 423. The number of nitrogens with zero attached hydrogens (tertiary/aromatic N) is 1. The van der Waals surface area contributed by atoms with E-state index in [0.717, 1.165) is 30.9 Å². The van der Waals surface area contributed by atoms with Crippen LogP contribution in [0.2, 0.25) is 0 Å². The minimum absolute atomic E-state index is 0.853. The third-order valence-corrected chi connectivity index (χ3v) is 3.15. The molecule has 0 bridgehead atoms. The molecule has 0 aliphatic carbocycles. The fraction of sp³-hybridized carbons (Fsp3) is 0.308. The van der Waals surface area contributed by atoms with Gasteiger partial charge in [-0.15, -0.1) is 0 Å². The molecule has 0 unspecified atom stereocenters. The Morgan fingerprint density at radius 2 is 2.25 bits per heavy atom. The molecule has 0 aliphatic heterocycles. The monoisotopic (exact) mass is 232 g/mol. The van der Waals surface area contributed by atoms with Gasteiger partial charge < -0.3 is 5.32 Å². The van der Waals surface area contributed by atoms with Crippen molar-refractivity contribution in [3.63, 3.8) is 0 Å². The van der Waals surface area contributed by atoms with Crippen molar-refractivity contribution < 1.29 is 0 Å². The Morgan fingerprint density at radius 1 is 1.31 bits per heavy atom. The average Bonchev–Trinajstić information content (AvgIpc) is 2.77. The lowest BCUT2D eigenvalue weighted by Gasteiger charge is -2.04. The summed E-state index contributed by atoms with van der Waals surface area (Å²) in [6.45, 7) is 3.88. The maximum absolute atomic E-state index is 4.45. The van der Waals surface area contributed by atoms with Crippen molar-refractivity contribution in [3.05, 3.63) is 52.0 Å². The van der Waals surface area contributed by atoms with Crippen molar-refractivity contribution in [1.82, 2.24) is 10.3 Å². The topological polar surface area (TPSA) is 24.9 Å². The minimum Gasteiger partial charge on any atom is -0.311 e. The molecule has 0 fully saturated rings. The number of hydrogen-bond donors (Lipinski definition) is 1. The van der Waals surface area contributed by atoms with Crippen molar-refractivity contribution >= 4 is 11.3 Å². The van der Waals surface area contributed by atoms with Gasteiger partial charge in [0, 0.05) is 12.2 Å². The number of pyridine rings is 1. The van der Waals surface area contributed by atoms with E-state index in [2.05, 4.69) is 39.3 Å². The van der Waals surface area contributed by atoms with Crippen LogP contribution in [0.4, 0.5) is 0 Å². The molecule has 3 heteroatoms. The van der Waals surface area contributed by atoms with Gasteiger partial charge in [0.15, 0.2) is 0 Å². The van der Waals surface area contributed by atoms with Crippen LogP contribution >= 0.6 is 11.3 Å². The summed E-state index contributed by atoms with van der Waals surface area (Å²) in [4.78, 5) is 4.45. The quantitative estimate of drug-likeness (QED) is 0.802. The van der Waals surface area contributed by atoms with Gasteiger partial charge in [0.2, 0.25) is 0 Å². The van der Waals surface area contributed by atoms with Crippen LogP contribution in [0.15, 0.2) is 35.0 Å². The summed E-state index contributed by atoms with van der Waals surface area (Å²) in [5.74, 6) is 0. The van der Waals surface area contributed by atoms with E-state index in [-0.39, 0.29) is 0 Å². The molecule has 1 N–H and O–H groups in total. The van der Waals surface area contributed by atoms with Crippen molar-refractivity contribution in [2.75, 3.05) is 6.54 Å². The van der Waals surface area contributed by atoms with Crippen LogP contribution in [0, 0.1) is 6.92 Å². The molecule has 0 spiro atoms. The molecule has 0 amide bonds. The predicted octanol–water partition coefficient (Wildman–Crippen LogP) is 2.78. The van der Waals surface area contributed by atoms with Gasteiger partial charge in [-0.25, -0.2) is 0 Å². The number of hydrogen-bond acceptors (Lipinski definition) is 3. The highest BCUT2D eigenvalue weighted by molar-refractivity contribution is 7.07. The minimum atomic E-state index is 0.853. The third kappa shape index (κ3) is 3.43. The van der Waals surface area contributed by atoms with E-state index in [9.17, 15) is 0 Å². The van der Waals surface area contributed by atoms with Crippen molar-refractivity contribution in [2.45, 2.75) is 19.9 Å². The van der Waals surface area contributed by atoms with Crippen molar-refractivity contribution in [2.24, 2.45) is 0 Å². The zero-order valence-corrected chi connectivity index (χ0v) is 10.3. The molecule has 2 heterocycles. The molecule has 2 aromatic rings. The van der Waals surface area contributed by atoms with E-state index in [4.69, 9.17) is 0 Å². The first kappa shape index (κ1) is 11.3. The van der Waals surface area contributed by atoms with E-state index in [1.165, 1.54) is 5.56 Å². The zero-order valence-electron chi connectivity index (χ0n) is 9.44. The molecule has 2 rings (SSSR count). The van der Waals surface area contributed by atoms with Crippen LogP contribution in [0.1, 0.15) is 17.0 Å². The molecule has 2 aromatic heterocycles. The van der Waals surface area contributed by atoms with E-state index >= 15 is 0 Å². The summed E-state index contributed by atoms with van der Waals surface area (Å²) in [6, 6.07) is 8.31. The summed E-state index contributed by atoms with van der Waals surface area (Å²) in [5.41, 5.74) is 3.61. The maximum Gasteiger partial charge on any atom is 0.0544 e.